The van der Waals surface area contributed by atoms with E-state index in [-0.39, 0.29) is 12.3 Å². The molecule has 0 saturated carbocycles. The highest BCUT2D eigenvalue weighted by atomic mass is 15.0. The van der Waals surface area contributed by atoms with Gasteiger partial charge in [-0.25, -0.2) is 0 Å². The Bertz CT molecular complexity index is 4250. The van der Waals surface area contributed by atoms with Gasteiger partial charge in [-0.2, -0.15) is 0 Å². The van der Waals surface area contributed by atoms with E-state index in [0.29, 0.717) is 0 Å². The van der Waals surface area contributed by atoms with Crippen LogP contribution in [0.2, 0.25) is 0 Å². The number of rotatable bonds is 5. The lowest BCUT2D eigenvalue weighted by Gasteiger charge is -2.35. The SMILES string of the molecule is Cc1ccccc1-c1ccc2c(c1)c1cc(-c3ccccc3C)cc3c1n2B1c2c-3cc(-c3ccc(C(C)(C)C)cc3)cc2-n2c3ccc(-c4ccccc4C)cc3c3cc(-c4ccccc4C)cc1c32. The molecular formula is C68H53BN2. The van der Waals surface area contributed by atoms with E-state index in [9.17, 15) is 0 Å². The van der Waals surface area contributed by atoms with Crippen LogP contribution in [0.25, 0.3) is 116 Å². The van der Waals surface area contributed by atoms with Crippen LogP contribution in [0.5, 0.6) is 0 Å². The van der Waals surface area contributed by atoms with Gasteiger partial charge in [0, 0.05) is 43.8 Å². The van der Waals surface area contributed by atoms with E-state index in [2.05, 4.69) is 252 Å². The van der Waals surface area contributed by atoms with Crippen LogP contribution in [0.15, 0.2) is 194 Å². The van der Waals surface area contributed by atoms with E-state index in [0.717, 1.165) is 0 Å². The summed E-state index contributed by atoms with van der Waals surface area (Å²) in [6, 6.07) is 74.4. The Hall–Kier alpha value is -8.14. The number of fused-ring (bicyclic) bond motifs is 10. The third kappa shape index (κ3) is 6.15. The summed E-state index contributed by atoms with van der Waals surface area (Å²) in [5, 5.41) is 5.13. The first kappa shape index (κ1) is 41.8. The fourth-order valence-corrected chi connectivity index (χ4v) is 12.6. The Balaban J connectivity index is 1.17. The highest BCUT2D eigenvalue weighted by molar-refractivity contribution is 6.90. The van der Waals surface area contributed by atoms with E-state index >= 15 is 0 Å². The molecule has 0 saturated heterocycles. The quantitative estimate of drug-likeness (QED) is 0.152. The molecule has 2 nitrogen and oxygen atoms in total. The molecule has 0 atom stereocenters. The molecule has 12 aromatic rings. The topological polar surface area (TPSA) is 9.86 Å². The Kier molecular flexibility index (Phi) is 8.94. The first-order chi connectivity index (χ1) is 34.5. The zero-order valence-corrected chi connectivity index (χ0v) is 41.4. The van der Waals surface area contributed by atoms with Crippen molar-refractivity contribution in [3.05, 3.63) is 222 Å². The number of nitrogens with zero attached hydrogens (tertiary/aromatic N) is 2. The van der Waals surface area contributed by atoms with Crippen molar-refractivity contribution in [2.75, 3.05) is 0 Å². The molecule has 0 amide bonds. The molecule has 0 radical (unpaired) electrons. The lowest BCUT2D eigenvalue weighted by molar-refractivity contribution is 0.590. The van der Waals surface area contributed by atoms with Crippen molar-refractivity contribution in [1.82, 2.24) is 9.05 Å². The number of benzene rings is 10. The minimum absolute atomic E-state index is 0.0510. The van der Waals surface area contributed by atoms with Gasteiger partial charge < -0.3 is 9.05 Å². The minimum atomic E-state index is -0.0995. The molecule has 4 heterocycles. The molecule has 0 spiro atoms. The highest BCUT2D eigenvalue weighted by Gasteiger charge is 2.42. The average Bonchev–Trinajstić information content (AvgIpc) is 3.89. The van der Waals surface area contributed by atoms with Gasteiger partial charge in [-0.15, -0.1) is 0 Å². The van der Waals surface area contributed by atoms with Crippen molar-refractivity contribution in [2.45, 2.75) is 53.9 Å². The molecule has 2 aliphatic heterocycles. The normalized spacial score (nSPS) is 12.7. The van der Waals surface area contributed by atoms with E-state index in [1.807, 2.05) is 0 Å². The van der Waals surface area contributed by atoms with Gasteiger partial charge in [0.05, 0.1) is 11.0 Å². The number of aromatic nitrogens is 2. The van der Waals surface area contributed by atoms with Crippen LogP contribution in [-0.4, -0.2) is 15.9 Å². The molecule has 0 N–H and O–H groups in total. The molecule has 0 aliphatic carbocycles. The Morgan fingerprint density at radius 1 is 0.352 bits per heavy atom. The molecule has 2 aromatic heterocycles. The molecule has 0 fully saturated rings. The van der Waals surface area contributed by atoms with Crippen LogP contribution < -0.4 is 10.9 Å². The summed E-state index contributed by atoms with van der Waals surface area (Å²) in [4.78, 5) is 0. The molecule has 3 heteroatoms. The lowest BCUT2D eigenvalue weighted by atomic mass is 9.45. The summed E-state index contributed by atoms with van der Waals surface area (Å²) in [5.74, 6) is 0. The molecule has 2 aliphatic rings. The summed E-state index contributed by atoms with van der Waals surface area (Å²) in [7, 11) is 0. The van der Waals surface area contributed by atoms with Gasteiger partial charge in [0.1, 0.15) is 0 Å². The lowest BCUT2D eigenvalue weighted by Crippen LogP contribution is -2.55. The predicted molar refractivity (Wildman–Crippen MR) is 304 cm³/mol. The monoisotopic (exact) mass is 908 g/mol. The summed E-state index contributed by atoms with van der Waals surface area (Å²) in [5.41, 5.74) is 30.6. The van der Waals surface area contributed by atoms with Gasteiger partial charge in [0.15, 0.2) is 0 Å². The van der Waals surface area contributed by atoms with Crippen molar-refractivity contribution in [3.63, 3.8) is 0 Å². The third-order valence-corrected chi connectivity index (χ3v) is 16.2. The van der Waals surface area contributed by atoms with Crippen LogP contribution >= 0.6 is 0 Å². The highest BCUT2D eigenvalue weighted by Crippen LogP contribution is 2.48. The van der Waals surface area contributed by atoms with E-state index < -0.39 is 0 Å². The average molecular weight is 909 g/mol. The number of aryl methyl sites for hydroxylation is 4. The zero-order chi connectivity index (χ0) is 48.0. The molecule has 14 rings (SSSR count). The maximum absolute atomic E-state index is 2.74. The van der Waals surface area contributed by atoms with Gasteiger partial charge in [-0.1, -0.05) is 160 Å². The summed E-state index contributed by atoms with van der Waals surface area (Å²) in [6.45, 7) is 15.8. The summed E-state index contributed by atoms with van der Waals surface area (Å²) >= 11 is 0. The number of hydrogen-bond donors (Lipinski definition) is 0. The van der Waals surface area contributed by atoms with Gasteiger partial charge >= 0.3 is 6.85 Å². The largest absolute Gasteiger partial charge is 0.375 e. The van der Waals surface area contributed by atoms with Gasteiger partial charge in [0.2, 0.25) is 0 Å². The fourth-order valence-electron chi connectivity index (χ4n) is 12.6. The molecule has 338 valence electrons. The second kappa shape index (κ2) is 15.2. The number of hydrogen-bond acceptors (Lipinski definition) is 0. The molecular weight excluding hydrogens is 856 g/mol. The van der Waals surface area contributed by atoms with Crippen molar-refractivity contribution in [1.29, 1.82) is 0 Å². The first-order valence-electron chi connectivity index (χ1n) is 25.3. The third-order valence-electron chi connectivity index (χ3n) is 16.2. The maximum atomic E-state index is 2.74. The van der Waals surface area contributed by atoms with Crippen molar-refractivity contribution in [3.8, 4) is 72.4 Å². The molecule has 10 aromatic carbocycles. The first-order valence-corrected chi connectivity index (χ1v) is 25.3. The van der Waals surface area contributed by atoms with Gasteiger partial charge in [-0.05, 0) is 188 Å². The Labute approximate surface area is 416 Å². The van der Waals surface area contributed by atoms with E-state index in [1.165, 1.54) is 155 Å². The summed E-state index contributed by atoms with van der Waals surface area (Å²) in [6.07, 6.45) is 0. The molecule has 0 bridgehead atoms. The van der Waals surface area contributed by atoms with Crippen LogP contribution in [0.1, 0.15) is 48.6 Å². The fraction of sp³-hybridized carbons (Fsp3) is 0.118. The van der Waals surface area contributed by atoms with Crippen LogP contribution in [0.4, 0.5) is 0 Å². The molecule has 71 heavy (non-hydrogen) atoms. The predicted octanol–water partition coefficient (Wildman–Crippen LogP) is 16.7. The second-order valence-corrected chi connectivity index (χ2v) is 21.5. The van der Waals surface area contributed by atoms with Crippen LogP contribution in [0, 0.1) is 27.7 Å². The smallest absolute Gasteiger partial charge is 0.333 e. The van der Waals surface area contributed by atoms with E-state index in [1.54, 1.807) is 0 Å². The van der Waals surface area contributed by atoms with Crippen LogP contribution in [0.3, 0.4) is 0 Å². The van der Waals surface area contributed by atoms with Crippen molar-refractivity contribution in [2.24, 2.45) is 0 Å². The standard InChI is InChI=1S/C68H53BN2/c1-40-16-8-12-20-51(40)45-26-30-62-55(32-45)59-37-49(54-23-15-11-19-43(54)4)38-61-67(59)70(62)64-39-47(44-24-28-50(29-25-44)68(5,6)7)34-57-60-36-48(53-22-14-10-18-42(53)3)35-58-56-33-46(52-21-13-9-17-41(52)2)27-31-63(56)71(66(58)60)69(61)65(57)64/h8-39H,1-7H3. The van der Waals surface area contributed by atoms with Crippen LogP contribution in [-0.2, 0) is 5.41 Å². The van der Waals surface area contributed by atoms with Gasteiger partial charge in [-0.3, -0.25) is 0 Å². The zero-order valence-electron chi connectivity index (χ0n) is 41.4. The van der Waals surface area contributed by atoms with Crippen molar-refractivity contribution >= 4 is 61.4 Å². The maximum Gasteiger partial charge on any atom is 0.333 e. The van der Waals surface area contributed by atoms with Gasteiger partial charge in [0.25, 0.3) is 0 Å². The summed E-state index contributed by atoms with van der Waals surface area (Å²) < 4.78 is 5.38. The Morgan fingerprint density at radius 2 is 0.803 bits per heavy atom. The minimum Gasteiger partial charge on any atom is -0.375 e. The second-order valence-electron chi connectivity index (χ2n) is 21.5. The van der Waals surface area contributed by atoms with E-state index in [4.69, 9.17) is 0 Å². The Morgan fingerprint density at radius 3 is 1.35 bits per heavy atom. The molecule has 0 unspecified atom stereocenters. The van der Waals surface area contributed by atoms with Crippen molar-refractivity contribution < 1.29 is 0 Å².